The quantitative estimate of drug-likeness (QED) is 0.661. The van der Waals surface area contributed by atoms with Gasteiger partial charge in [0, 0.05) is 33.3 Å². The summed E-state index contributed by atoms with van der Waals surface area (Å²) in [6.07, 6.45) is 1.54. The number of hydrogen-bond donors (Lipinski definition) is 0. The zero-order chi connectivity index (χ0) is 21.2. The molecule has 9 nitrogen and oxygen atoms in total. The molecule has 1 fully saturated rings. The molecular weight excluding hydrogens is 374 g/mol. The SMILES string of the molecule is CCN1c2nc3c(C)cccn3c(=O)c2CC2(C(=O)N(C)C(=O)N(C)C2=O)[C@@H]1C. The van der Waals surface area contributed by atoms with Gasteiger partial charge in [0.1, 0.15) is 11.5 Å². The van der Waals surface area contributed by atoms with E-state index in [1.807, 2.05) is 24.8 Å². The second-order valence-corrected chi connectivity index (χ2v) is 7.72. The number of hydrogen-bond acceptors (Lipinski definition) is 6. The van der Waals surface area contributed by atoms with Crippen LogP contribution in [-0.4, -0.2) is 63.7 Å². The Bertz CT molecular complexity index is 1110. The van der Waals surface area contributed by atoms with Crippen molar-refractivity contribution >= 4 is 29.3 Å². The summed E-state index contributed by atoms with van der Waals surface area (Å²) >= 11 is 0. The first-order valence-electron chi connectivity index (χ1n) is 9.54. The Morgan fingerprint density at radius 1 is 1.14 bits per heavy atom. The highest BCUT2D eigenvalue weighted by Gasteiger charge is 2.62. The standard InChI is InChI=1S/C20H23N5O4/c1-6-24-12(3)20(17(27)22(4)19(29)23(5)18(20)28)10-13-15(24)21-14-11(2)8-7-9-25(14)16(13)26/h7-9,12H,6,10H2,1-5H3/t12-/m0/s1. The molecule has 4 heterocycles. The lowest BCUT2D eigenvalue weighted by molar-refractivity contribution is -0.158. The maximum Gasteiger partial charge on any atom is 0.332 e. The molecule has 2 aromatic rings. The van der Waals surface area contributed by atoms with E-state index < -0.39 is 29.3 Å². The maximum absolute atomic E-state index is 13.3. The van der Waals surface area contributed by atoms with Crippen molar-refractivity contribution in [2.75, 3.05) is 25.5 Å². The molecule has 0 unspecified atom stereocenters. The number of barbiturate groups is 1. The summed E-state index contributed by atoms with van der Waals surface area (Å²) in [5, 5.41) is 0. The lowest BCUT2D eigenvalue weighted by atomic mass is 9.69. The molecule has 29 heavy (non-hydrogen) atoms. The van der Waals surface area contributed by atoms with E-state index >= 15 is 0 Å². The van der Waals surface area contributed by atoms with Crippen molar-refractivity contribution in [2.45, 2.75) is 33.2 Å². The molecule has 2 aliphatic heterocycles. The van der Waals surface area contributed by atoms with Crippen LogP contribution in [0.5, 0.6) is 0 Å². The molecule has 152 valence electrons. The number of anilines is 1. The predicted octanol–water partition coefficient (Wildman–Crippen LogP) is 0.811. The Kier molecular flexibility index (Phi) is 4.04. The molecule has 1 saturated heterocycles. The second kappa shape index (κ2) is 6.13. The minimum Gasteiger partial charge on any atom is -0.352 e. The second-order valence-electron chi connectivity index (χ2n) is 7.72. The van der Waals surface area contributed by atoms with Gasteiger partial charge in [-0.05, 0) is 32.4 Å². The van der Waals surface area contributed by atoms with Crippen molar-refractivity contribution < 1.29 is 14.4 Å². The fraction of sp³-hybridized carbons (Fsp3) is 0.450. The first-order chi connectivity index (χ1) is 13.7. The van der Waals surface area contributed by atoms with Crippen LogP contribution in [0.1, 0.15) is 25.0 Å². The molecular formula is C20H23N5O4. The lowest BCUT2D eigenvalue weighted by Gasteiger charge is -2.50. The van der Waals surface area contributed by atoms with Crippen LogP contribution in [0, 0.1) is 12.3 Å². The monoisotopic (exact) mass is 397 g/mol. The number of fused-ring (bicyclic) bond motifs is 2. The Balaban J connectivity index is 2.03. The number of nitrogens with zero attached hydrogens (tertiary/aromatic N) is 5. The van der Waals surface area contributed by atoms with E-state index in [0.29, 0.717) is 23.6 Å². The van der Waals surface area contributed by atoms with E-state index in [1.165, 1.54) is 18.5 Å². The van der Waals surface area contributed by atoms with Crippen LogP contribution in [0.2, 0.25) is 0 Å². The van der Waals surface area contributed by atoms with Crippen LogP contribution in [0.3, 0.4) is 0 Å². The largest absolute Gasteiger partial charge is 0.352 e. The first-order valence-corrected chi connectivity index (χ1v) is 9.54. The van der Waals surface area contributed by atoms with Gasteiger partial charge in [0.15, 0.2) is 5.41 Å². The topological polar surface area (TPSA) is 95.3 Å². The highest BCUT2D eigenvalue weighted by Crippen LogP contribution is 2.43. The van der Waals surface area contributed by atoms with Crippen LogP contribution >= 0.6 is 0 Å². The number of aromatic nitrogens is 2. The van der Waals surface area contributed by atoms with Crippen molar-refractivity contribution in [3.05, 3.63) is 39.8 Å². The van der Waals surface area contributed by atoms with Gasteiger partial charge >= 0.3 is 6.03 Å². The van der Waals surface area contributed by atoms with Crippen LogP contribution < -0.4 is 10.5 Å². The summed E-state index contributed by atoms with van der Waals surface area (Å²) in [5.74, 6) is -0.681. The van der Waals surface area contributed by atoms with Gasteiger partial charge in [-0.3, -0.25) is 28.6 Å². The highest BCUT2D eigenvalue weighted by atomic mass is 16.2. The van der Waals surface area contributed by atoms with Crippen LogP contribution in [-0.2, 0) is 16.0 Å². The summed E-state index contributed by atoms with van der Waals surface area (Å²) in [6, 6.07) is 2.39. The predicted molar refractivity (Wildman–Crippen MR) is 106 cm³/mol. The van der Waals surface area contributed by atoms with E-state index in [2.05, 4.69) is 0 Å². The van der Waals surface area contributed by atoms with Gasteiger partial charge in [-0.2, -0.15) is 0 Å². The number of carbonyl (C=O) groups excluding carboxylic acids is 3. The van der Waals surface area contributed by atoms with Crippen LogP contribution in [0.15, 0.2) is 23.1 Å². The van der Waals surface area contributed by atoms with E-state index in [4.69, 9.17) is 4.98 Å². The normalized spacial score (nSPS) is 21.3. The van der Waals surface area contributed by atoms with Crippen LogP contribution in [0.4, 0.5) is 10.6 Å². The van der Waals surface area contributed by atoms with E-state index in [0.717, 1.165) is 15.4 Å². The summed E-state index contributed by atoms with van der Waals surface area (Å²) in [5.41, 5.74) is -0.152. The minimum absolute atomic E-state index is 0.0949. The minimum atomic E-state index is -1.56. The fourth-order valence-electron chi connectivity index (χ4n) is 4.61. The first kappa shape index (κ1) is 19.1. The Morgan fingerprint density at radius 3 is 2.34 bits per heavy atom. The maximum atomic E-state index is 13.3. The number of imide groups is 2. The van der Waals surface area contributed by atoms with Crippen molar-refractivity contribution in [2.24, 2.45) is 5.41 Å². The third-order valence-corrected chi connectivity index (χ3v) is 6.32. The Hall–Kier alpha value is -3.23. The lowest BCUT2D eigenvalue weighted by Crippen LogP contribution is -2.71. The van der Waals surface area contributed by atoms with Crippen LogP contribution in [0.25, 0.3) is 5.65 Å². The zero-order valence-corrected chi connectivity index (χ0v) is 17.1. The van der Waals surface area contributed by atoms with Gasteiger partial charge in [0.25, 0.3) is 5.56 Å². The zero-order valence-electron chi connectivity index (χ0n) is 17.1. The molecule has 0 aromatic carbocycles. The smallest absolute Gasteiger partial charge is 0.332 e. The van der Waals surface area contributed by atoms with E-state index in [9.17, 15) is 19.2 Å². The van der Waals surface area contributed by atoms with Gasteiger partial charge in [-0.25, -0.2) is 9.78 Å². The van der Waals surface area contributed by atoms with Gasteiger partial charge in [-0.15, -0.1) is 0 Å². The van der Waals surface area contributed by atoms with Crippen molar-refractivity contribution in [3.8, 4) is 0 Å². The van der Waals surface area contributed by atoms with Gasteiger partial charge < -0.3 is 4.90 Å². The third kappa shape index (κ3) is 2.24. The summed E-state index contributed by atoms with van der Waals surface area (Å²) < 4.78 is 1.45. The van der Waals surface area contributed by atoms with E-state index in [-0.39, 0.29) is 12.0 Å². The summed E-state index contributed by atoms with van der Waals surface area (Å²) in [7, 11) is 2.73. The molecule has 9 heteroatoms. The Morgan fingerprint density at radius 2 is 1.76 bits per heavy atom. The number of carbonyl (C=O) groups is 3. The van der Waals surface area contributed by atoms with E-state index in [1.54, 1.807) is 19.2 Å². The third-order valence-electron chi connectivity index (χ3n) is 6.32. The molecule has 0 saturated carbocycles. The average molecular weight is 397 g/mol. The van der Waals surface area contributed by atoms with Gasteiger partial charge in [0.05, 0.1) is 11.6 Å². The summed E-state index contributed by atoms with van der Waals surface area (Å²) in [6.45, 7) is 5.99. The fourth-order valence-corrected chi connectivity index (χ4v) is 4.61. The van der Waals surface area contributed by atoms with Gasteiger partial charge in [-0.1, -0.05) is 6.07 Å². The molecule has 0 radical (unpaired) electrons. The average Bonchev–Trinajstić information content (AvgIpc) is 2.71. The van der Waals surface area contributed by atoms with Crippen molar-refractivity contribution in [1.82, 2.24) is 19.2 Å². The Labute approximate surface area is 167 Å². The van der Waals surface area contributed by atoms with Crippen molar-refractivity contribution in [1.29, 1.82) is 0 Å². The molecule has 2 aromatic heterocycles. The number of urea groups is 1. The molecule has 4 rings (SSSR count). The number of amides is 4. The molecule has 1 spiro atoms. The van der Waals surface area contributed by atoms with Crippen molar-refractivity contribution in [3.63, 3.8) is 0 Å². The highest BCUT2D eigenvalue weighted by molar-refractivity contribution is 6.20. The summed E-state index contributed by atoms with van der Waals surface area (Å²) in [4.78, 5) is 60.7. The number of pyridine rings is 1. The molecule has 1 atom stereocenters. The molecule has 0 aliphatic carbocycles. The molecule has 0 bridgehead atoms. The number of rotatable bonds is 1. The van der Waals surface area contributed by atoms with Gasteiger partial charge in [0.2, 0.25) is 11.8 Å². The molecule has 2 aliphatic rings. The molecule has 4 amide bonds. The molecule has 0 N–H and O–H groups in total. The number of aryl methyl sites for hydroxylation is 1.